The van der Waals surface area contributed by atoms with E-state index < -0.39 is 0 Å². The zero-order valence-corrected chi connectivity index (χ0v) is 26.3. The SMILES string of the molecule is COc1cc2nc(C)nc(NC(C)c3ccc(-c4ccccc4CNCC(=O)N4CCc5ccccc5C4)s3)c2cc1OC. The fourth-order valence-electron chi connectivity index (χ4n) is 5.73. The van der Waals surface area contributed by atoms with E-state index in [4.69, 9.17) is 14.5 Å². The zero-order chi connectivity index (χ0) is 30.6. The van der Waals surface area contributed by atoms with Crippen molar-refractivity contribution in [3.8, 4) is 21.9 Å². The first kappa shape index (κ1) is 29.6. The number of nitrogens with zero attached hydrogens (tertiary/aromatic N) is 3. The van der Waals surface area contributed by atoms with Gasteiger partial charge in [-0.1, -0.05) is 48.5 Å². The summed E-state index contributed by atoms with van der Waals surface area (Å²) in [6, 6.07) is 24.9. The smallest absolute Gasteiger partial charge is 0.236 e. The molecule has 3 aromatic carbocycles. The molecule has 5 aromatic rings. The molecule has 1 aliphatic rings. The van der Waals surface area contributed by atoms with E-state index in [1.54, 1.807) is 25.6 Å². The molecular weight excluding hydrogens is 570 g/mol. The van der Waals surface area contributed by atoms with Crippen molar-refractivity contribution in [1.82, 2.24) is 20.2 Å². The van der Waals surface area contributed by atoms with Crippen molar-refractivity contribution in [2.45, 2.75) is 39.4 Å². The van der Waals surface area contributed by atoms with Gasteiger partial charge in [-0.05, 0) is 60.7 Å². The van der Waals surface area contributed by atoms with Gasteiger partial charge in [-0.3, -0.25) is 4.79 Å². The van der Waals surface area contributed by atoms with E-state index in [0.29, 0.717) is 37.0 Å². The monoisotopic (exact) mass is 607 g/mol. The molecule has 0 fully saturated rings. The predicted molar refractivity (Wildman–Crippen MR) is 176 cm³/mol. The summed E-state index contributed by atoms with van der Waals surface area (Å²) in [5.41, 5.74) is 5.72. The highest BCUT2D eigenvalue weighted by atomic mass is 32.1. The third-order valence-corrected chi connectivity index (χ3v) is 9.38. The van der Waals surface area contributed by atoms with Crippen LogP contribution in [-0.2, 0) is 24.3 Å². The maximum atomic E-state index is 13.0. The van der Waals surface area contributed by atoms with Crippen molar-refractivity contribution >= 4 is 34.0 Å². The number of carbonyl (C=O) groups is 1. The van der Waals surface area contributed by atoms with Crippen LogP contribution in [0.5, 0.6) is 11.5 Å². The summed E-state index contributed by atoms with van der Waals surface area (Å²) in [5.74, 6) is 2.84. The van der Waals surface area contributed by atoms with E-state index in [-0.39, 0.29) is 11.9 Å². The van der Waals surface area contributed by atoms with Gasteiger partial charge in [0.15, 0.2) is 11.5 Å². The van der Waals surface area contributed by atoms with Crippen LogP contribution in [0.15, 0.2) is 72.8 Å². The number of aryl methyl sites for hydroxylation is 1. The van der Waals surface area contributed by atoms with Crippen LogP contribution in [0.1, 0.15) is 40.4 Å². The summed E-state index contributed by atoms with van der Waals surface area (Å²) in [4.78, 5) is 26.6. The number of thiophene rings is 1. The second-order valence-electron chi connectivity index (χ2n) is 11.0. The van der Waals surface area contributed by atoms with E-state index in [9.17, 15) is 4.79 Å². The number of carbonyl (C=O) groups excluding carboxylic acids is 1. The lowest BCUT2D eigenvalue weighted by Crippen LogP contribution is -2.41. The van der Waals surface area contributed by atoms with Crippen LogP contribution in [0.4, 0.5) is 5.82 Å². The van der Waals surface area contributed by atoms with E-state index in [1.165, 1.54) is 26.4 Å². The summed E-state index contributed by atoms with van der Waals surface area (Å²) in [6.07, 6.45) is 0.911. The van der Waals surface area contributed by atoms with Gasteiger partial charge in [0.2, 0.25) is 5.91 Å². The molecule has 1 amide bonds. The van der Waals surface area contributed by atoms with Crippen molar-refractivity contribution in [2.24, 2.45) is 0 Å². The number of fused-ring (bicyclic) bond motifs is 2. The van der Waals surface area contributed by atoms with Gasteiger partial charge >= 0.3 is 0 Å². The van der Waals surface area contributed by atoms with Gasteiger partial charge in [0.05, 0.1) is 32.3 Å². The van der Waals surface area contributed by atoms with E-state index in [2.05, 4.69) is 77.1 Å². The number of benzene rings is 3. The number of anilines is 1. The molecule has 0 aliphatic carbocycles. The number of nitrogens with one attached hydrogen (secondary N) is 2. The molecule has 1 atom stereocenters. The zero-order valence-electron chi connectivity index (χ0n) is 25.5. The Hall–Kier alpha value is -4.47. The van der Waals surface area contributed by atoms with Gasteiger partial charge < -0.3 is 25.0 Å². The summed E-state index contributed by atoms with van der Waals surface area (Å²) in [6.45, 7) is 6.41. The molecule has 44 heavy (non-hydrogen) atoms. The van der Waals surface area contributed by atoms with Gasteiger partial charge in [0.25, 0.3) is 0 Å². The van der Waals surface area contributed by atoms with Gasteiger partial charge in [-0.15, -0.1) is 11.3 Å². The molecule has 0 saturated heterocycles. The molecule has 0 bridgehead atoms. The van der Waals surface area contributed by atoms with Gasteiger partial charge in [0, 0.05) is 40.8 Å². The minimum Gasteiger partial charge on any atom is -0.493 e. The van der Waals surface area contributed by atoms with Crippen molar-refractivity contribution in [3.05, 3.63) is 100 Å². The molecule has 6 rings (SSSR count). The molecule has 1 aliphatic heterocycles. The maximum Gasteiger partial charge on any atom is 0.236 e. The van der Waals surface area contributed by atoms with Gasteiger partial charge in [0.1, 0.15) is 11.6 Å². The Morgan fingerprint density at radius 3 is 2.55 bits per heavy atom. The second kappa shape index (κ2) is 13.0. The average Bonchev–Trinajstić information content (AvgIpc) is 3.54. The van der Waals surface area contributed by atoms with E-state index in [0.717, 1.165) is 35.2 Å². The van der Waals surface area contributed by atoms with Crippen LogP contribution in [0, 0.1) is 6.92 Å². The Morgan fingerprint density at radius 1 is 0.977 bits per heavy atom. The van der Waals surface area contributed by atoms with Gasteiger partial charge in [-0.25, -0.2) is 9.97 Å². The number of rotatable bonds is 10. The molecule has 0 spiro atoms. The number of hydrogen-bond donors (Lipinski definition) is 2. The lowest BCUT2D eigenvalue weighted by molar-refractivity contribution is -0.131. The Labute approximate surface area is 262 Å². The molecule has 0 radical (unpaired) electrons. The van der Waals surface area contributed by atoms with Crippen LogP contribution in [0.3, 0.4) is 0 Å². The second-order valence-corrected chi connectivity index (χ2v) is 12.1. The van der Waals surface area contributed by atoms with Crippen molar-refractivity contribution in [3.63, 3.8) is 0 Å². The summed E-state index contributed by atoms with van der Waals surface area (Å²) >= 11 is 1.75. The molecular formula is C35H37N5O3S. The first-order valence-electron chi connectivity index (χ1n) is 14.8. The quantitative estimate of drug-likeness (QED) is 0.187. The highest BCUT2D eigenvalue weighted by Gasteiger charge is 2.20. The normalized spacial score (nSPS) is 13.4. The fourth-order valence-corrected chi connectivity index (χ4v) is 6.80. The van der Waals surface area contributed by atoms with Crippen LogP contribution < -0.4 is 20.1 Å². The van der Waals surface area contributed by atoms with E-state index >= 15 is 0 Å². The van der Waals surface area contributed by atoms with Crippen LogP contribution in [0.2, 0.25) is 0 Å². The van der Waals surface area contributed by atoms with Crippen LogP contribution in [-0.4, -0.2) is 48.1 Å². The Balaban J connectivity index is 1.13. The minimum atomic E-state index is 0.0110. The molecule has 8 nitrogen and oxygen atoms in total. The topological polar surface area (TPSA) is 88.6 Å². The van der Waals surface area contributed by atoms with Crippen molar-refractivity contribution < 1.29 is 14.3 Å². The highest BCUT2D eigenvalue weighted by molar-refractivity contribution is 7.15. The number of hydrogen-bond acceptors (Lipinski definition) is 8. The van der Waals surface area contributed by atoms with E-state index in [1.807, 2.05) is 30.0 Å². The first-order valence-corrected chi connectivity index (χ1v) is 15.7. The molecule has 3 heterocycles. The number of amides is 1. The third-order valence-electron chi connectivity index (χ3n) is 8.08. The maximum absolute atomic E-state index is 13.0. The Bertz CT molecular complexity index is 1800. The summed E-state index contributed by atoms with van der Waals surface area (Å²) in [7, 11) is 3.25. The number of methoxy groups -OCH3 is 2. The van der Waals surface area contributed by atoms with Crippen LogP contribution >= 0.6 is 11.3 Å². The molecule has 2 aromatic heterocycles. The highest BCUT2D eigenvalue weighted by Crippen LogP contribution is 2.37. The number of aromatic nitrogens is 2. The predicted octanol–water partition coefficient (Wildman–Crippen LogP) is 6.53. The third kappa shape index (κ3) is 6.25. The fraction of sp³-hybridized carbons (Fsp3) is 0.286. The summed E-state index contributed by atoms with van der Waals surface area (Å²) in [5, 5.41) is 7.88. The number of ether oxygens (including phenoxy) is 2. The molecule has 0 saturated carbocycles. The Kier molecular flexibility index (Phi) is 8.77. The molecule has 9 heteroatoms. The Morgan fingerprint density at radius 2 is 1.73 bits per heavy atom. The average molecular weight is 608 g/mol. The van der Waals surface area contributed by atoms with Crippen molar-refractivity contribution in [2.75, 3.05) is 32.6 Å². The largest absolute Gasteiger partial charge is 0.493 e. The summed E-state index contributed by atoms with van der Waals surface area (Å²) < 4.78 is 11.0. The first-order chi connectivity index (χ1) is 21.4. The molecule has 1 unspecified atom stereocenters. The molecule has 2 N–H and O–H groups in total. The lowest BCUT2D eigenvalue weighted by Gasteiger charge is -2.29. The lowest BCUT2D eigenvalue weighted by atomic mass is 10.00. The van der Waals surface area contributed by atoms with Gasteiger partial charge in [-0.2, -0.15) is 0 Å². The standard InChI is InChI=1S/C35H37N5O3S/c1-22(37-35-28-17-30(42-3)31(43-4)18-29(28)38-23(2)39-35)32-13-14-33(44-32)27-12-8-7-10-25(27)19-36-20-34(41)40-16-15-24-9-5-6-11-26(24)21-40/h5-14,17-18,22,36H,15-16,19-21H2,1-4H3,(H,37,38,39). The van der Waals surface area contributed by atoms with Crippen molar-refractivity contribution in [1.29, 1.82) is 0 Å². The molecule has 226 valence electrons. The minimum absolute atomic E-state index is 0.0110. The van der Waals surface area contributed by atoms with Crippen LogP contribution in [0.25, 0.3) is 21.3 Å².